The number of amides is 5. The van der Waals surface area contributed by atoms with Gasteiger partial charge in [0.1, 0.15) is 12.1 Å². The molecule has 0 spiro atoms. The highest BCUT2D eigenvalue weighted by molar-refractivity contribution is 7.92. The topological polar surface area (TPSA) is 171 Å². The van der Waals surface area contributed by atoms with Crippen molar-refractivity contribution in [2.75, 3.05) is 18.8 Å². The van der Waals surface area contributed by atoms with Crippen molar-refractivity contribution in [3.63, 3.8) is 0 Å². The largest absolute Gasteiger partial charge is 0.346 e. The fourth-order valence-electron chi connectivity index (χ4n) is 9.08. The zero-order chi connectivity index (χ0) is 39.6. The number of rotatable bonds is 15. The number of ketones is 1. The number of nitrogens with one attached hydrogen (secondary N) is 4. The van der Waals surface area contributed by atoms with Crippen molar-refractivity contribution in [3.8, 4) is 0 Å². The van der Waals surface area contributed by atoms with Crippen LogP contribution >= 0.6 is 0 Å². The first kappa shape index (κ1) is 41.4. The molecule has 2 saturated carbocycles. The molecule has 0 aromatic heterocycles. The lowest BCUT2D eigenvalue weighted by Crippen LogP contribution is -2.63. The Morgan fingerprint density at radius 1 is 1.00 bits per heavy atom. The van der Waals surface area contributed by atoms with Crippen LogP contribution in [0.1, 0.15) is 104 Å². The number of urea groups is 1. The number of fused-ring (bicyclic) bond motifs is 2. The van der Waals surface area contributed by atoms with Gasteiger partial charge in [0, 0.05) is 13.1 Å². The molecular weight excluding hydrogens is 707 g/mol. The van der Waals surface area contributed by atoms with Crippen molar-refractivity contribution in [1.82, 2.24) is 26.2 Å². The lowest BCUT2D eigenvalue weighted by molar-refractivity contribution is -0.144. The van der Waals surface area contributed by atoms with Gasteiger partial charge in [-0.1, -0.05) is 83.2 Å². The van der Waals surface area contributed by atoms with E-state index in [0.29, 0.717) is 38.6 Å². The third-order valence-electron chi connectivity index (χ3n) is 12.6. The van der Waals surface area contributed by atoms with Crippen molar-refractivity contribution >= 4 is 39.4 Å². The van der Waals surface area contributed by atoms with Crippen LogP contribution in [-0.4, -0.2) is 90.1 Å². The minimum atomic E-state index is -3.59. The summed E-state index contributed by atoms with van der Waals surface area (Å²) in [4.78, 5) is 70.8. The number of hydrogen-bond acceptors (Lipinski definition) is 7. The number of benzene rings is 1. The van der Waals surface area contributed by atoms with Crippen molar-refractivity contribution in [2.45, 2.75) is 134 Å². The van der Waals surface area contributed by atoms with Gasteiger partial charge in [0.25, 0.3) is 5.91 Å². The van der Waals surface area contributed by atoms with E-state index < -0.39 is 61.9 Å². The number of sulfone groups is 1. The fourth-order valence-corrected chi connectivity index (χ4v) is 10.6. The summed E-state index contributed by atoms with van der Waals surface area (Å²) < 4.78 is 26.0. The lowest BCUT2D eigenvalue weighted by atomic mass is 9.83. The Morgan fingerprint density at radius 3 is 2.20 bits per heavy atom. The van der Waals surface area contributed by atoms with E-state index in [9.17, 15) is 32.4 Å². The van der Waals surface area contributed by atoms with Crippen molar-refractivity contribution in [3.05, 3.63) is 48.0 Å². The first-order chi connectivity index (χ1) is 25.4. The predicted molar refractivity (Wildman–Crippen MR) is 208 cm³/mol. The van der Waals surface area contributed by atoms with Gasteiger partial charge in [-0.05, 0) is 87.2 Å². The molecule has 1 aromatic rings. The van der Waals surface area contributed by atoms with Gasteiger partial charge in [-0.3, -0.25) is 19.2 Å². The van der Waals surface area contributed by atoms with Crippen LogP contribution in [0.5, 0.6) is 0 Å². The molecule has 5 rings (SSSR count). The lowest BCUT2D eigenvalue weighted by Gasteiger charge is -2.40. The average molecular weight is 768 g/mol. The molecule has 4 N–H and O–H groups in total. The van der Waals surface area contributed by atoms with Gasteiger partial charge in [0.2, 0.25) is 17.6 Å². The summed E-state index contributed by atoms with van der Waals surface area (Å²) >= 11 is 0. The molecule has 5 atom stereocenters. The van der Waals surface area contributed by atoms with Crippen molar-refractivity contribution < 1.29 is 32.4 Å². The van der Waals surface area contributed by atoms with Gasteiger partial charge in [0.05, 0.1) is 22.1 Å². The van der Waals surface area contributed by atoms with E-state index in [1.807, 2.05) is 31.2 Å². The summed E-state index contributed by atoms with van der Waals surface area (Å²) in [5.41, 5.74) is 0.989. The van der Waals surface area contributed by atoms with E-state index in [2.05, 4.69) is 41.7 Å². The van der Waals surface area contributed by atoms with Gasteiger partial charge in [-0.15, -0.1) is 6.58 Å². The normalized spacial score (nSPS) is 24.0. The first-order valence-electron chi connectivity index (χ1n) is 19.8. The Kier molecular flexibility index (Phi) is 12.4. The summed E-state index contributed by atoms with van der Waals surface area (Å²) in [5, 5.41) is 11.5. The Morgan fingerprint density at radius 2 is 1.63 bits per heavy atom. The molecule has 5 amide bonds. The van der Waals surface area contributed by atoms with Crippen LogP contribution in [0.25, 0.3) is 0 Å². The maximum Gasteiger partial charge on any atom is 0.315 e. The van der Waals surface area contributed by atoms with E-state index in [4.69, 9.17) is 0 Å². The smallest absolute Gasteiger partial charge is 0.315 e. The highest BCUT2D eigenvalue weighted by atomic mass is 32.2. The minimum absolute atomic E-state index is 0.0428. The highest BCUT2D eigenvalue weighted by Gasteiger charge is 2.70. The van der Waals surface area contributed by atoms with Crippen LogP contribution in [0, 0.1) is 23.2 Å². The monoisotopic (exact) mass is 767 g/mol. The molecule has 1 aliphatic heterocycles. The van der Waals surface area contributed by atoms with Crippen molar-refractivity contribution in [1.29, 1.82) is 0 Å². The number of Topliss-reactive ketones (excluding diaryl/α,β-unsaturated/α-hetero) is 1. The van der Waals surface area contributed by atoms with Gasteiger partial charge in [0.15, 0.2) is 9.84 Å². The van der Waals surface area contributed by atoms with Gasteiger partial charge < -0.3 is 26.2 Å². The van der Waals surface area contributed by atoms with Crippen LogP contribution in [0.3, 0.4) is 0 Å². The highest BCUT2D eigenvalue weighted by Crippen LogP contribution is 2.65. The summed E-state index contributed by atoms with van der Waals surface area (Å²) in [6.07, 6.45) is 7.74. The second-order valence-corrected chi connectivity index (χ2v) is 20.4. The van der Waals surface area contributed by atoms with E-state index in [0.717, 1.165) is 36.8 Å². The van der Waals surface area contributed by atoms with Gasteiger partial charge in [-0.2, -0.15) is 0 Å². The maximum atomic E-state index is 14.9. The molecule has 3 fully saturated rings. The van der Waals surface area contributed by atoms with Crippen LogP contribution in [0.4, 0.5) is 4.79 Å². The van der Waals surface area contributed by atoms with Crippen LogP contribution < -0.4 is 21.3 Å². The molecule has 3 aliphatic carbocycles. The molecule has 12 nitrogen and oxygen atoms in total. The Hall–Kier alpha value is -3.74. The quantitative estimate of drug-likeness (QED) is 0.154. The van der Waals surface area contributed by atoms with E-state index >= 15 is 0 Å². The van der Waals surface area contributed by atoms with E-state index in [1.54, 1.807) is 25.7 Å². The van der Waals surface area contributed by atoms with Crippen molar-refractivity contribution in [2.24, 2.45) is 23.2 Å². The molecule has 0 bridgehead atoms. The van der Waals surface area contributed by atoms with Gasteiger partial charge >= 0.3 is 6.03 Å². The molecule has 1 saturated heterocycles. The number of carbonyl (C=O) groups is 5. The summed E-state index contributed by atoms with van der Waals surface area (Å²) in [7, 11) is -3.59. The SMILES string of the molecule is C=CCNC(=O)C(=O)C(CCCC)NC(=O)[C@@H]1C2C(CN1C(=O)[C@@H](NC(=O)NC1(CS(=O)(=O)C(C)(C)C)CCCCC1)C1Cc3ccccc3C1)C2(C)C. The minimum Gasteiger partial charge on any atom is -0.346 e. The summed E-state index contributed by atoms with van der Waals surface area (Å²) in [6, 6.07) is 4.38. The predicted octanol–water partition coefficient (Wildman–Crippen LogP) is 4.01. The Bertz CT molecular complexity index is 1700. The molecular formula is C41H61N5O7S. The van der Waals surface area contributed by atoms with E-state index in [-0.39, 0.29) is 47.8 Å². The maximum absolute atomic E-state index is 14.9. The molecule has 298 valence electrons. The number of nitrogens with zero attached hydrogens (tertiary/aromatic N) is 1. The standard InChI is InChI=1S/C41H61N5O7S/c1-8-10-18-30(34(47)36(49)42-21-9-2)43-35(48)33-31-29(40(31,6)7)24-46(33)37(50)32(28-22-26-16-12-13-17-27(26)23-28)44-38(51)45-41(19-14-11-15-20-41)25-54(52,53)39(3,4)5/h9,12-13,16-17,28-33H,2,8,10-11,14-15,18-25H2,1,3-7H3,(H,42,49)(H,43,48)(H2,44,45,51)/t29?,30?,31?,32-,33-/m0/s1. The summed E-state index contributed by atoms with van der Waals surface area (Å²) in [5.74, 6) is -3.04. The number of carbonyl (C=O) groups excluding carboxylic acids is 5. The molecule has 3 unspecified atom stereocenters. The third-order valence-corrected chi connectivity index (χ3v) is 15.4. The second-order valence-electron chi connectivity index (χ2n) is 17.7. The van der Waals surface area contributed by atoms with Gasteiger partial charge in [-0.25, -0.2) is 13.2 Å². The molecule has 54 heavy (non-hydrogen) atoms. The first-order valence-corrected chi connectivity index (χ1v) is 21.4. The second kappa shape index (κ2) is 16.2. The van der Waals surface area contributed by atoms with Crippen LogP contribution in [0.15, 0.2) is 36.9 Å². The fraction of sp³-hybridized carbons (Fsp3) is 0.683. The molecule has 1 aromatic carbocycles. The Labute approximate surface area is 321 Å². The zero-order valence-corrected chi connectivity index (χ0v) is 33.8. The van der Waals surface area contributed by atoms with Crippen LogP contribution in [0.2, 0.25) is 0 Å². The van der Waals surface area contributed by atoms with E-state index in [1.165, 1.54) is 6.08 Å². The molecule has 0 radical (unpaired) electrons. The van der Waals surface area contributed by atoms with Crippen LogP contribution in [-0.2, 0) is 41.9 Å². The number of unbranched alkanes of at least 4 members (excludes halogenated alkanes) is 1. The molecule has 1 heterocycles. The Balaban J connectivity index is 1.42. The number of piperidine rings is 1. The average Bonchev–Trinajstić information content (AvgIpc) is 3.46. The zero-order valence-electron chi connectivity index (χ0n) is 33.0. The number of hydrogen-bond donors (Lipinski definition) is 4. The molecule has 4 aliphatic rings. The summed E-state index contributed by atoms with van der Waals surface area (Å²) in [6.45, 7) is 15.1. The number of likely N-dealkylation sites (tertiary alicyclic amines) is 1. The third kappa shape index (κ3) is 8.71. The molecule has 13 heteroatoms.